The molecule has 0 aliphatic rings. The summed E-state index contributed by atoms with van der Waals surface area (Å²) in [4.78, 5) is 3.68. The van der Waals surface area contributed by atoms with E-state index in [0.29, 0.717) is 5.75 Å². The SMILES string of the molecule is COc1ccc(S(=O)(=O)NCc2ncon2)c(N)c1. The summed E-state index contributed by atoms with van der Waals surface area (Å²) in [6.07, 6.45) is 1.12. The lowest BCUT2D eigenvalue weighted by molar-refractivity contribution is 0.409. The van der Waals surface area contributed by atoms with E-state index < -0.39 is 10.0 Å². The second-order valence-corrected chi connectivity index (χ2v) is 5.31. The fraction of sp³-hybridized carbons (Fsp3) is 0.200. The number of hydrogen-bond acceptors (Lipinski definition) is 7. The van der Waals surface area contributed by atoms with Gasteiger partial charge in [0.15, 0.2) is 5.82 Å². The van der Waals surface area contributed by atoms with Crippen molar-refractivity contribution in [1.82, 2.24) is 14.9 Å². The minimum absolute atomic E-state index is 0.0307. The maximum Gasteiger partial charge on any atom is 0.243 e. The average molecular weight is 284 g/mol. The Morgan fingerprint density at radius 2 is 2.26 bits per heavy atom. The van der Waals surface area contributed by atoms with Gasteiger partial charge in [0.05, 0.1) is 19.3 Å². The van der Waals surface area contributed by atoms with Crippen LogP contribution in [0.4, 0.5) is 5.69 Å². The highest BCUT2D eigenvalue weighted by atomic mass is 32.2. The molecule has 8 nitrogen and oxygen atoms in total. The number of aromatic nitrogens is 2. The fourth-order valence-electron chi connectivity index (χ4n) is 1.41. The predicted molar refractivity (Wildman–Crippen MR) is 65.7 cm³/mol. The summed E-state index contributed by atoms with van der Waals surface area (Å²) in [6.45, 7) is -0.0791. The monoisotopic (exact) mass is 284 g/mol. The lowest BCUT2D eigenvalue weighted by Crippen LogP contribution is -2.24. The molecule has 2 rings (SSSR count). The molecule has 1 aromatic heterocycles. The molecule has 0 aliphatic heterocycles. The predicted octanol–water partition coefficient (Wildman–Crippen LogP) is 0.139. The summed E-state index contributed by atoms with van der Waals surface area (Å²) in [5.41, 5.74) is 5.78. The van der Waals surface area contributed by atoms with E-state index in [1.807, 2.05) is 0 Å². The van der Waals surface area contributed by atoms with Crippen LogP contribution in [0.3, 0.4) is 0 Å². The Morgan fingerprint density at radius 3 is 2.84 bits per heavy atom. The average Bonchev–Trinajstić information content (AvgIpc) is 2.89. The number of sulfonamides is 1. The van der Waals surface area contributed by atoms with Crippen molar-refractivity contribution in [3.8, 4) is 5.75 Å². The number of nitrogens with zero attached hydrogens (tertiary/aromatic N) is 2. The van der Waals surface area contributed by atoms with Gasteiger partial charge in [-0.1, -0.05) is 5.16 Å². The van der Waals surface area contributed by atoms with Gasteiger partial charge in [-0.3, -0.25) is 0 Å². The number of anilines is 1. The third-order valence-electron chi connectivity index (χ3n) is 2.33. The van der Waals surface area contributed by atoms with Gasteiger partial charge in [-0.15, -0.1) is 0 Å². The molecular weight excluding hydrogens is 272 g/mol. The third-order valence-corrected chi connectivity index (χ3v) is 3.81. The van der Waals surface area contributed by atoms with Crippen molar-refractivity contribution in [2.75, 3.05) is 12.8 Å². The van der Waals surface area contributed by atoms with Crippen LogP contribution in [-0.4, -0.2) is 25.7 Å². The van der Waals surface area contributed by atoms with E-state index in [1.54, 1.807) is 0 Å². The molecule has 0 spiro atoms. The van der Waals surface area contributed by atoms with Crippen molar-refractivity contribution in [1.29, 1.82) is 0 Å². The van der Waals surface area contributed by atoms with Crippen LogP contribution in [0.15, 0.2) is 34.0 Å². The summed E-state index contributed by atoms with van der Waals surface area (Å²) in [6, 6.07) is 4.31. The molecule has 0 atom stereocenters. The molecule has 0 saturated carbocycles. The van der Waals surface area contributed by atoms with Crippen LogP contribution in [-0.2, 0) is 16.6 Å². The summed E-state index contributed by atoms with van der Waals surface area (Å²) in [5, 5.41) is 3.50. The molecule has 3 N–H and O–H groups in total. The number of methoxy groups -OCH3 is 1. The molecule has 9 heteroatoms. The Balaban J connectivity index is 2.19. The molecule has 19 heavy (non-hydrogen) atoms. The van der Waals surface area contributed by atoms with Gasteiger partial charge >= 0.3 is 0 Å². The van der Waals surface area contributed by atoms with Crippen molar-refractivity contribution in [3.63, 3.8) is 0 Å². The van der Waals surface area contributed by atoms with Crippen molar-refractivity contribution < 1.29 is 17.7 Å². The molecule has 0 amide bonds. The number of benzene rings is 1. The number of nitrogens with two attached hydrogens (primary N) is 1. The maximum atomic E-state index is 12.0. The molecule has 0 unspecified atom stereocenters. The van der Waals surface area contributed by atoms with E-state index >= 15 is 0 Å². The van der Waals surface area contributed by atoms with E-state index in [2.05, 4.69) is 19.4 Å². The molecule has 0 saturated heterocycles. The highest BCUT2D eigenvalue weighted by Gasteiger charge is 2.18. The van der Waals surface area contributed by atoms with Crippen molar-refractivity contribution in [2.24, 2.45) is 0 Å². The van der Waals surface area contributed by atoms with Crippen LogP contribution in [0, 0.1) is 0 Å². The zero-order valence-corrected chi connectivity index (χ0v) is 10.8. The molecule has 0 aliphatic carbocycles. The van der Waals surface area contributed by atoms with Gasteiger partial charge in [0.2, 0.25) is 16.4 Å². The fourth-order valence-corrected chi connectivity index (χ4v) is 2.50. The van der Waals surface area contributed by atoms with Gasteiger partial charge in [0, 0.05) is 6.07 Å². The second kappa shape index (κ2) is 5.24. The number of hydrogen-bond donors (Lipinski definition) is 2. The minimum Gasteiger partial charge on any atom is -0.497 e. The zero-order chi connectivity index (χ0) is 13.9. The van der Waals surface area contributed by atoms with Gasteiger partial charge in [-0.2, -0.15) is 4.98 Å². The molecule has 0 fully saturated rings. The van der Waals surface area contributed by atoms with Crippen LogP contribution in [0.5, 0.6) is 5.75 Å². The highest BCUT2D eigenvalue weighted by molar-refractivity contribution is 7.89. The van der Waals surface area contributed by atoms with Gasteiger partial charge in [-0.25, -0.2) is 13.1 Å². The third kappa shape index (κ3) is 3.01. The number of ether oxygens (including phenoxy) is 1. The van der Waals surface area contributed by atoms with Crippen molar-refractivity contribution >= 4 is 15.7 Å². The number of nitrogens with one attached hydrogen (secondary N) is 1. The van der Waals surface area contributed by atoms with E-state index in [0.717, 1.165) is 6.39 Å². The normalized spacial score (nSPS) is 11.4. The summed E-state index contributed by atoms with van der Waals surface area (Å²) < 4.78 is 35.8. The van der Waals surface area contributed by atoms with Crippen molar-refractivity contribution in [2.45, 2.75) is 11.4 Å². The van der Waals surface area contributed by atoms with Crippen LogP contribution in [0.25, 0.3) is 0 Å². The van der Waals surface area contributed by atoms with Gasteiger partial charge in [-0.05, 0) is 12.1 Å². The Hall–Kier alpha value is -2.13. The van der Waals surface area contributed by atoms with Crippen LogP contribution in [0.2, 0.25) is 0 Å². The summed E-state index contributed by atoms with van der Waals surface area (Å²) >= 11 is 0. The first-order valence-electron chi connectivity index (χ1n) is 5.21. The van der Waals surface area contributed by atoms with Crippen molar-refractivity contribution in [3.05, 3.63) is 30.4 Å². The summed E-state index contributed by atoms with van der Waals surface area (Å²) in [5.74, 6) is 0.713. The van der Waals surface area contributed by atoms with E-state index in [1.165, 1.54) is 25.3 Å². The van der Waals surface area contributed by atoms with Crippen LogP contribution in [0.1, 0.15) is 5.82 Å². The number of rotatable bonds is 5. The number of nitrogen functional groups attached to an aromatic ring is 1. The second-order valence-electron chi connectivity index (χ2n) is 3.58. The Morgan fingerprint density at radius 1 is 1.47 bits per heavy atom. The lowest BCUT2D eigenvalue weighted by atomic mass is 10.3. The zero-order valence-electron chi connectivity index (χ0n) is 10.0. The standard InChI is InChI=1S/C10H12N4O4S/c1-17-7-2-3-9(8(11)4-7)19(15,16)13-5-10-12-6-18-14-10/h2-4,6,13H,5,11H2,1H3. The van der Waals surface area contributed by atoms with Crippen LogP contribution >= 0.6 is 0 Å². The van der Waals surface area contributed by atoms with E-state index in [-0.39, 0.29) is 23.0 Å². The molecule has 2 aromatic rings. The largest absolute Gasteiger partial charge is 0.497 e. The lowest BCUT2D eigenvalue weighted by Gasteiger charge is -2.09. The molecule has 1 aromatic carbocycles. The van der Waals surface area contributed by atoms with Gasteiger partial charge in [0.1, 0.15) is 10.6 Å². The van der Waals surface area contributed by atoms with Gasteiger partial charge in [0.25, 0.3) is 0 Å². The topological polar surface area (TPSA) is 120 Å². The van der Waals surface area contributed by atoms with E-state index in [9.17, 15) is 8.42 Å². The first kappa shape index (κ1) is 13.3. The van der Waals surface area contributed by atoms with Crippen LogP contribution < -0.4 is 15.2 Å². The molecule has 0 bridgehead atoms. The Labute approximate surface area is 109 Å². The maximum absolute atomic E-state index is 12.0. The molecular formula is C10H12N4O4S. The first-order chi connectivity index (χ1) is 9.03. The first-order valence-corrected chi connectivity index (χ1v) is 6.69. The summed E-state index contributed by atoms with van der Waals surface area (Å²) in [7, 11) is -2.27. The molecule has 0 radical (unpaired) electrons. The molecule has 102 valence electrons. The quantitative estimate of drug-likeness (QED) is 0.749. The Kier molecular flexibility index (Phi) is 3.67. The highest BCUT2D eigenvalue weighted by Crippen LogP contribution is 2.23. The molecule has 1 heterocycles. The Bertz CT molecular complexity index is 654. The smallest absolute Gasteiger partial charge is 0.243 e. The van der Waals surface area contributed by atoms with E-state index in [4.69, 9.17) is 10.5 Å². The minimum atomic E-state index is -3.74. The van der Waals surface area contributed by atoms with Gasteiger partial charge < -0.3 is 15.0 Å².